The molecule has 3 nitrogen and oxygen atoms in total. The van der Waals surface area contributed by atoms with Gasteiger partial charge in [0.25, 0.3) is 0 Å². The van der Waals surface area contributed by atoms with Crippen LogP contribution in [0.5, 0.6) is 0 Å². The molecule has 0 aromatic heterocycles. The zero-order valence-electron chi connectivity index (χ0n) is 9.46. The van der Waals surface area contributed by atoms with Crippen LogP contribution in [0.15, 0.2) is 0 Å². The Bertz CT molecular complexity index is 152. The molecule has 0 saturated heterocycles. The molecule has 1 fully saturated rings. The summed E-state index contributed by atoms with van der Waals surface area (Å²) in [5, 5.41) is 0. The van der Waals surface area contributed by atoms with E-state index in [1.54, 1.807) is 0 Å². The number of nitrogens with two attached hydrogens (primary N) is 1. The summed E-state index contributed by atoms with van der Waals surface area (Å²) in [6.07, 6.45) is 5.02. The van der Waals surface area contributed by atoms with Crippen molar-refractivity contribution < 1.29 is 4.74 Å². The Labute approximate surface area is 87.4 Å². The van der Waals surface area contributed by atoms with Crippen molar-refractivity contribution in [2.24, 2.45) is 17.7 Å². The SMILES string of the molecule is CCCOCC(NN)C1CCC(C)C1. The minimum Gasteiger partial charge on any atom is -0.380 e. The summed E-state index contributed by atoms with van der Waals surface area (Å²) in [7, 11) is 0. The third kappa shape index (κ3) is 3.56. The molecule has 3 unspecified atom stereocenters. The molecule has 3 N–H and O–H groups in total. The van der Waals surface area contributed by atoms with Crippen molar-refractivity contribution in [3.63, 3.8) is 0 Å². The Morgan fingerprint density at radius 1 is 1.50 bits per heavy atom. The number of hydrazine groups is 1. The van der Waals surface area contributed by atoms with Crippen molar-refractivity contribution in [1.29, 1.82) is 0 Å². The predicted molar refractivity (Wildman–Crippen MR) is 58.7 cm³/mol. The van der Waals surface area contributed by atoms with E-state index in [0.717, 1.165) is 25.6 Å². The van der Waals surface area contributed by atoms with Gasteiger partial charge in [-0.25, -0.2) is 0 Å². The lowest BCUT2D eigenvalue weighted by atomic mass is 9.98. The van der Waals surface area contributed by atoms with E-state index in [2.05, 4.69) is 19.3 Å². The van der Waals surface area contributed by atoms with Gasteiger partial charge in [-0.1, -0.05) is 20.3 Å². The van der Waals surface area contributed by atoms with Gasteiger partial charge in [-0.2, -0.15) is 0 Å². The molecule has 1 aliphatic carbocycles. The molecule has 0 radical (unpaired) electrons. The molecule has 3 atom stereocenters. The van der Waals surface area contributed by atoms with Gasteiger partial charge in [0.05, 0.1) is 6.61 Å². The molecule has 3 heteroatoms. The van der Waals surface area contributed by atoms with E-state index in [4.69, 9.17) is 10.6 Å². The smallest absolute Gasteiger partial charge is 0.0635 e. The minimum atomic E-state index is 0.353. The molecular weight excluding hydrogens is 176 g/mol. The minimum absolute atomic E-state index is 0.353. The van der Waals surface area contributed by atoms with E-state index >= 15 is 0 Å². The van der Waals surface area contributed by atoms with Gasteiger partial charge in [0.15, 0.2) is 0 Å². The van der Waals surface area contributed by atoms with Crippen LogP contribution < -0.4 is 11.3 Å². The highest BCUT2D eigenvalue weighted by Crippen LogP contribution is 2.32. The van der Waals surface area contributed by atoms with Gasteiger partial charge in [-0.15, -0.1) is 0 Å². The summed E-state index contributed by atoms with van der Waals surface area (Å²) >= 11 is 0. The fourth-order valence-electron chi connectivity index (χ4n) is 2.29. The van der Waals surface area contributed by atoms with E-state index < -0.39 is 0 Å². The van der Waals surface area contributed by atoms with Gasteiger partial charge in [-0.05, 0) is 31.1 Å². The molecule has 1 saturated carbocycles. The fourth-order valence-corrected chi connectivity index (χ4v) is 2.29. The summed E-state index contributed by atoms with van der Waals surface area (Å²) in [5.41, 5.74) is 2.90. The molecule has 0 heterocycles. The standard InChI is InChI=1S/C11H24N2O/c1-3-6-14-8-11(13-12)10-5-4-9(2)7-10/h9-11,13H,3-8,12H2,1-2H3. The topological polar surface area (TPSA) is 47.3 Å². The first kappa shape index (κ1) is 12.0. The van der Waals surface area contributed by atoms with Crippen LogP contribution in [0.4, 0.5) is 0 Å². The predicted octanol–water partition coefficient (Wildman–Crippen LogP) is 1.68. The fraction of sp³-hybridized carbons (Fsp3) is 1.00. The van der Waals surface area contributed by atoms with Crippen LogP contribution >= 0.6 is 0 Å². The average Bonchev–Trinajstić information content (AvgIpc) is 2.60. The van der Waals surface area contributed by atoms with Gasteiger partial charge in [0.1, 0.15) is 0 Å². The van der Waals surface area contributed by atoms with Crippen LogP contribution in [-0.2, 0) is 4.74 Å². The maximum Gasteiger partial charge on any atom is 0.0635 e. The highest BCUT2D eigenvalue weighted by atomic mass is 16.5. The van der Waals surface area contributed by atoms with Gasteiger partial charge in [-0.3, -0.25) is 11.3 Å². The van der Waals surface area contributed by atoms with E-state index in [-0.39, 0.29) is 0 Å². The molecule has 0 bridgehead atoms. The maximum absolute atomic E-state index is 5.55. The van der Waals surface area contributed by atoms with Gasteiger partial charge < -0.3 is 4.74 Å². The number of ether oxygens (including phenoxy) is 1. The number of hydrogen-bond donors (Lipinski definition) is 2. The quantitative estimate of drug-likeness (QED) is 0.389. The molecule has 84 valence electrons. The van der Waals surface area contributed by atoms with Crippen LogP contribution in [0.25, 0.3) is 0 Å². The summed E-state index contributed by atoms with van der Waals surface area (Å²) in [4.78, 5) is 0. The van der Waals surface area contributed by atoms with Gasteiger partial charge in [0.2, 0.25) is 0 Å². The Morgan fingerprint density at radius 3 is 2.79 bits per heavy atom. The van der Waals surface area contributed by atoms with Gasteiger partial charge >= 0.3 is 0 Å². The first-order valence-electron chi connectivity index (χ1n) is 5.81. The first-order chi connectivity index (χ1) is 6.77. The second kappa shape index (κ2) is 6.38. The third-order valence-corrected chi connectivity index (χ3v) is 3.16. The Kier molecular flexibility index (Phi) is 5.45. The lowest BCUT2D eigenvalue weighted by Gasteiger charge is -2.22. The molecule has 0 spiro atoms. The van der Waals surface area contributed by atoms with Crippen molar-refractivity contribution in [2.75, 3.05) is 13.2 Å². The zero-order valence-corrected chi connectivity index (χ0v) is 9.46. The van der Waals surface area contributed by atoms with Crippen molar-refractivity contribution in [3.05, 3.63) is 0 Å². The van der Waals surface area contributed by atoms with E-state index in [9.17, 15) is 0 Å². The summed E-state index contributed by atoms with van der Waals surface area (Å²) < 4.78 is 5.54. The first-order valence-corrected chi connectivity index (χ1v) is 5.81. The van der Waals surface area contributed by atoms with Crippen LogP contribution in [0, 0.1) is 11.8 Å². The normalized spacial score (nSPS) is 29.4. The highest BCUT2D eigenvalue weighted by molar-refractivity contribution is 4.81. The molecule has 0 aliphatic heterocycles. The second-order valence-electron chi connectivity index (χ2n) is 4.53. The zero-order chi connectivity index (χ0) is 10.4. The number of hydrogen-bond acceptors (Lipinski definition) is 3. The Balaban J connectivity index is 2.23. The van der Waals surface area contributed by atoms with Crippen LogP contribution in [-0.4, -0.2) is 19.3 Å². The molecular formula is C11H24N2O. The Morgan fingerprint density at radius 2 is 2.29 bits per heavy atom. The van der Waals surface area contributed by atoms with Crippen LogP contribution in [0.3, 0.4) is 0 Å². The molecule has 0 aromatic rings. The van der Waals surface area contributed by atoms with Crippen molar-refractivity contribution in [2.45, 2.75) is 45.6 Å². The number of nitrogens with one attached hydrogen (secondary N) is 1. The summed E-state index contributed by atoms with van der Waals surface area (Å²) in [6, 6.07) is 0.353. The maximum atomic E-state index is 5.55. The second-order valence-corrected chi connectivity index (χ2v) is 4.53. The van der Waals surface area contributed by atoms with E-state index in [1.807, 2.05) is 0 Å². The molecule has 0 amide bonds. The Hall–Kier alpha value is -0.120. The van der Waals surface area contributed by atoms with Gasteiger partial charge in [0, 0.05) is 12.6 Å². The largest absolute Gasteiger partial charge is 0.380 e. The average molecular weight is 200 g/mol. The molecule has 14 heavy (non-hydrogen) atoms. The highest BCUT2D eigenvalue weighted by Gasteiger charge is 2.28. The molecule has 1 rings (SSSR count). The summed E-state index contributed by atoms with van der Waals surface area (Å²) in [5.74, 6) is 7.13. The molecule has 0 aromatic carbocycles. The lowest BCUT2D eigenvalue weighted by Crippen LogP contribution is -2.43. The third-order valence-electron chi connectivity index (χ3n) is 3.16. The lowest BCUT2D eigenvalue weighted by molar-refractivity contribution is 0.0934. The molecule has 1 aliphatic rings. The van der Waals surface area contributed by atoms with Crippen molar-refractivity contribution in [3.8, 4) is 0 Å². The van der Waals surface area contributed by atoms with Crippen LogP contribution in [0.1, 0.15) is 39.5 Å². The van der Waals surface area contributed by atoms with Crippen LogP contribution in [0.2, 0.25) is 0 Å². The van der Waals surface area contributed by atoms with Crippen molar-refractivity contribution in [1.82, 2.24) is 5.43 Å². The van der Waals surface area contributed by atoms with E-state index in [1.165, 1.54) is 19.3 Å². The van der Waals surface area contributed by atoms with E-state index in [0.29, 0.717) is 12.0 Å². The summed E-state index contributed by atoms with van der Waals surface area (Å²) in [6.45, 7) is 6.06. The monoisotopic (exact) mass is 200 g/mol. The van der Waals surface area contributed by atoms with Crippen molar-refractivity contribution >= 4 is 0 Å². The number of rotatable bonds is 6.